The summed E-state index contributed by atoms with van der Waals surface area (Å²) >= 11 is 0. The average Bonchev–Trinajstić information content (AvgIpc) is 2.76. The summed E-state index contributed by atoms with van der Waals surface area (Å²) in [4.78, 5) is 52.5. The standard InChI is InChI=1S/C20H22N8O4/c1-28(10-12-9-23-17-15(24-12)16(21)26-20(22)27-17)13-6-4-11(5-7-13)18(30)25-14(19(31)32)3-2-8-29/h4-9,14H,2-3,10H2,1H3,(H,25,30)(H,31,32)(H4,21,22,23,26,27). The van der Waals surface area contributed by atoms with Crippen molar-refractivity contribution in [2.24, 2.45) is 0 Å². The van der Waals surface area contributed by atoms with Crippen molar-refractivity contribution in [2.45, 2.75) is 25.4 Å². The molecule has 0 radical (unpaired) electrons. The molecule has 3 rings (SSSR count). The molecular weight excluding hydrogens is 416 g/mol. The van der Waals surface area contributed by atoms with Crippen molar-refractivity contribution in [3.8, 4) is 0 Å². The van der Waals surface area contributed by atoms with E-state index < -0.39 is 17.9 Å². The van der Waals surface area contributed by atoms with E-state index >= 15 is 0 Å². The number of carboxylic acids is 1. The van der Waals surface area contributed by atoms with Gasteiger partial charge in [-0.25, -0.2) is 14.8 Å². The number of rotatable bonds is 9. The molecule has 0 spiro atoms. The Kier molecular flexibility index (Phi) is 6.73. The molecule has 0 bridgehead atoms. The van der Waals surface area contributed by atoms with Gasteiger partial charge >= 0.3 is 5.97 Å². The number of carbonyl (C=O) groups excluding carboxylic acids is 2. The molecule has 1 atom stereocenters. The summed E-state index contributed by atoms with van der Waals surface area (Å²) in [7, 11) is 1.84. The second-order valence-electron chi connectivity index (χ2n) is 7.01. The normalized spacial score (nSPS) is 11.7. The first-order chi connectivity index (χ1) is 15.3. The van der Waals surface area contributed by atoms with Crippen LogP contribution in [0.3, 0.4) is 0 Å². The molecule has 32 heavy (non-hydrogen) atoms. The van der Waals surface area contributed by atoms with E-state index in [1.54, 1.807) is 30.5 Å². The minimum atomic E-state index is -1.19. The summed E-state index contributed by atoms with van der Waals surface area (Å²) < 4.78 is 0. The van der Waals surface area contributed by atoms with E-state index in [0.717, 1.165) is 5.69 Å². The Bertz CT molecular complexity index is 1150. The number of benzene rings is 1. The van der Waals surface area contributed by atoms with Crippen LogP contribution in [0.2, 0.25) is 0 Å². The van der Waals surface area contributed by atoms with Gasteiger partial charge in [0.05, 0.1) is 18.4 Å². The van der Waals surface area contributed by atoms with Crippen LogP contribution in [0.15, 0.2) is 30.5 Å². The van der Waals surface area contributed by atoms with E-state index in [9.17, 15) is 19.5 Å². The maximum Gasteiger partial charge on any atom is 0.326 e. The Morgan fingerprint density at radius 3 is 2.56 bits per heavy atom. The van der Waals surface area contributed by atoms with Gasteiger partial charge in [-0.05, 0) is 30.7 Å². The van der Waals surface area contributed by atoms with Crippen LogP contribution in [0.1, 0.15) is 28.9 Å². The maximum atomic E-state index is 12.3. The summed E-state index contributed by atoms with van der Waals surface area (Å²) in [5.41, 5.74) is 13.8. The molecule has 0 aliphatic carbocycles. The Morgan fingerprint density at radius 2 is 1.91 bits per heavy atom. The molecule has 1 unspecified atom stereocenters. The van der Waals surface area contributed by atoms with Crippen molar-refractivity contribution in [1.82, 2.24) is 25.3 Å². The first-order valence-electron chi connectivity index (χ1n) is 9.61. The van der Waals surface area contributed by atoms with E-state index in [4.69, 9.17) is 11.5 Å². The SMILES string of the molecule is CN(Cc1cnc2nc(N)nc(N)c2n1)c1ccc(C(=O)NC(CCC=O)C(=O)O)cc1. The zero-order valence-corrected chi connectivity index (χ0v) is 17.2. The molecule has 12 heteroatoms. The number of carboxylic acid groups (broad SMARTS) is 1. The molecular formula is C20H22N8O4. The number of nitrogens with zero attached hydrogens (tertiary/aromatic N) is 5. The van der Waals surface area contributed by atoms with Gasteiger partial charge in [0.1, 0.15) is 12.3 Å². The second kappa shape index (κ2) is 9.64. The number of anilines is 3. The van der Waals surface area contributed by atoms with E-state index in [0.29, 0.717) is 35.3 Å². The van der Waals surface area contributed by atoms with Crippen LogP contribution in [-0.4, -0.2) is 56.3 Å². The van der Waals surface area contributed by atoms with Crippen LogP contribution in [-0.2, 0) is 16.1 Å². The summed E-state index contributed by atoms with van der Waals surface area (Å²) in [5.74, 6) is -1.56. The lowest BCUT2D eigenvalue weighted by Gasteiger charge is -2.19. The van der Waals surface area contributed by atoms with Gasteiger partial charge in [-0.1, -0.05) is 0 Å². The van der Waals surface area contributed by atoms with Crippen molar-refractivity contribution in [3.63, 3.8) is 0 Å². The van der Waals surface area contributed by atoms with Gasteiger partial charge in [0.25, 0.3) is 5.91 Å². The fourth-order valence-corrected chi connectivity index (χ4v) is 2.99. The van der Waals surface area contributed by atoms with Crippen molar-refractivity contribution in [3.05, 3.63) is 41.7 Å². The van der Waals surface area contributed by atoms with Gasteiger partial charge < -0.3 is 31.6 Å². The van der Waals surface area contributed by atoms with Crippen LogP contribution < -0.4 is 21.7 Å². The van der Waals surface area contributed by atoms with E-state index in [1.165, 1.54) is 0 Å². The van der Waals surface area contributed by atoms with Crippen molar-refractivity contribution >= 4 is 46.8 Å². The first-order valence-corrected chi connectivity index (χ1v) is 9.61. The van der Waals surface area contributed by atoms with Gasteiger partial charge in [-0.15, -0.1) is 0 Å². The predicted octanol–water partition coefficient (Wildman–Crippen LogP) is 0.383. The number of hydrogen-bond acceptors (Lipinski definition) is 10. The summed E-state index contributed by atoms with van der Waals surface area (Å²) in [6.07, 6.45) is 2.26. The van der Waals surface area contributed by atoms with Crippen LogP contribution in [0, 0.1) is 0 Å². The molecule has 0 saturated heterocycles. The molecule has 0 saturated carbocycles. The van der Waals surface area contributed by atoms with Crippen LogP contribution in [0.25, 0.3) is 11.2 Å². The minimum absolute atomic E-state index is 0.0247. The number of nitrogens with one attached hydrogen (secondary N) is 1. The van der Waals surface area contributed by atoms with E-state index in [2.05, 4.69) is 25.3 Å². The predicted molar refractivity (Wildman–Crippen MR) is 117 cm³/mol. The quantitative estimate of drug-likeness (QED) is 0.338. The number of nitrogen functional groups attached to an aromatic ring is 2. The lowest BCUT2D eigenvalue weighted by Crippen LogP contribution is -2.40. The molecule has 166 valence electrons. The summed E-state index contributed by atoms with van der Waals surface area (Å²) in [6.45, 7) is 0.394. The highest BCUT2D eigenvalue weighted by atomic mass is 16.4. The maximum absolute atomic E-state index is 12.3. The molecule has 12 nitrogen and oxygen atoms in total. The highest BCUT2D eigenvalue weighted by molar-refractivity contribution is 5.96. The summed E-state index contributed by atoms with van der Waals surface area (Å²) in [5, 5.41) is 11.6. The number of fused-ring (bicyclic) bond motifs is 1. The fourth-order valence-electron chi connectivity index (χ4n) is 2.99. The highest BCUT2D eigenvalue weighted by Gasteiger charge is 2.20. The third-order valence-electron chi connectivity index (χ3n) is 4.65. The monoisotopic (exact) mass is 438 g/mol. The van der Waals surface area contributed by atoms with Gasteiger partial charge in [-0.3, -0.25) is 4.79 Å². The fraction of sp³-hybridized carbons (Fsp3) is 0.250. The van der Waals surface area contributed by atoms with Gasteiger partial charge in [0, 0.05) is 24.7 Å². The highest BCUT2D eigenvalue weighted by Crippen LogP contribution is 2.18. The zero-order chi connectivity index (χ0) is 23.3. The first kappa shape index (κ1) is 22.3. The Labute approximate surface area is 182 Å². The average molecular weight is 438 g/mol. The van der Waals surface area contributed by atoms with Gasteiger partial charge in [0.2, 0.25) is 5.95 Å². The Morgan fingerprint density at radius 1 is 1.19 bits per heavy atom. The molecule has 0 aliphatic heterocycles. The Hall–Kier alpha value is -4.35. The van der Waals surface area contributed by atoms with Crippen molar-refractivity contribution in [1.29, 1.82) is 0 Å². The lowest BCUT2D eigenvalue weighted by molar-refractivity contribution is -0.139. The van der Waals surface area contributed by atoms with Gasteiger partial charge in [-0.2, -0.15) is 9.97 Å². The molecule has 1 aromatic carbocycles. The van der Waals surface area contributed by atoms with E-state index in [1.807, 2.05) is 11.9 Å². The largest absolute Gasteiger partial charge is 0.480 e. The topological polar surface area (TPSA) is 190 Å². The minimum Gasteiger partial charge on any atom is -0.480 e. The molecule has 2 heterocycles. The smallest absolute Gasteiger partial charge is 0.326 e. The van der Waals surface area contributed by atoms with Crippen molar-refractivity contribution in [2.75, 3.05) is 23.4 Å². The van der Waals surface area contributed by atoms with Crippen LogP contribution >= 0.6 is 0 Å². The molecule has 3 aromatic rings. The molecule has 1 amide bonds. The number of carbonyl (C=O) groups is 3. The molecule has 0 aliphatic rings. The number of aldehydes is 1. The van der Waals surface area contributed by atoms with Crippen LogP contribution in [0.5, 0.6) is 0 Å². The Balaban J connectivity index is 1.69. The third-order valence-corrected chi connectivity index (χ3v) is 4.65. The summed E-state index contributed by atoms with van der Waals surface area (Å²) in [6, 6.07) is 5.49. The second-order valence-corrected chi connectivity index (χ2v) is 7.01. The third kappa shape index (κ3) is 5.22. The number of hydrogen-bond donors (Lipinski definition) is 4. The van der Waals surface area contributed by atoms with Crippen LogP contribution in [0.4, 0.5) is 17.5 Å². The van der Waals surface area contributed by atoms with E-state index in [-0.39, 0.29) is 24.6 Å². The van der Waals surface area contributed by atoms with Gasteiger partial charge in [0.15, 0.2) is 17.0 Å². The van der Waals surface area contributed by atoms with Crippen molar-refractivity contribution < 1.29 is 19.5 Å². The number of nitrogens with two attached hydrogens (primary N) is 2. The zero-order valence-electron chi connectivity index (χ0n) is 17.2. The number of aromatic nitrogens is 4. The molecule has 6 N–H and O–H groups in total. The number of aliphatic carboxylic acids is 1. The molecule has 2 aromatic heterocycles. The number of amides is 1. The lowest BCUT2D eigenvalue weighted by atomic mass is 10.1. The molecule has 0 fully saturated rings.